The molecule has 1 N–H and O–H groups in total. The second-order valence-corrected chi connectivity index (χ2v) is 9.99. The van der Waals surface area contributed by atoms with Crippen molar-refractivity contribution >= 4 is 17.4 Å². The predicted molar refractivity (Wildman–Crippen MR) is 132 cm³/mol. The first-order chi connectivity index (χ1) is 17.1. The van der Waals surface area contributed by atoms with Crippen molar-refractivity contribution in [1.82, 2.24) is 4.90 Å². The lowest BCUT2D eigenvalue weighted by Gasteiger charge is -2.26. The number of rotatable bonds is 4. The van der Waals surface area contributed by atoms with Crippen LogP contribution in [-0.2, 0) is 21.5 Å². The summed E-state index contributed by atoms with van der Waals surface area (Å²) in [4.78, 5) is 28.0. The number of aliphatic hydroxyl groups excluding tert-OH is 1. The zero-order valence-corrected chi connectivity index (χ0v) is 20.2. The smallest absolute Gasteiger partial charge is 0.295 e. The third-order valence-electron chi connectivity index (χ3n) is 6.54. The second kappa shape index (κ2) is 8.82. The first-order valence-corrected chi connectivity index (χ1v) is 11.7. The lowest BCUT2D eigenvalue weighted by molar-refractivity contribution is -0.140. The monoisotopic (exact) mass is 487 g/mol. The summed E-state index contributed by atoms with van der Waals surface area (Å²) in [6.45, 7) is 6.54. The van der Waals surface area contributed by atoms with Crippen molar-refractivity contribution in [2.75, 3.05) is 6.79 Å². The molecule has 0 saturated carbocycles. The van der Waals surface area contributed by atoms with Crippen LogP contribution in [0.5, 0.6) is 11.5 Å². The summed E-state index contributed by atoms with van der Waals surface area (Å²) in [5.41, 5.74) is 2.68. The highest BCUT2D eigenvalue weighted by Crippen LogP contribution is 2.41. The molecule has 5 rings (SSSR count). The Bertz CT molecular complexity index is 1370. The summed E-state index contributed by atoms with van der Waals surface area (Å²) in [7, 11) is 0. The minimum Gasteiger partial charge on any atom is -0.507 e. The van der Waals surface area contributed by atoms with Gasteiger partial charge in [0.05, 0.1) is 11.6 Å². The van der Waals surface area contributed by atoms with Gasteiger partial charge in [-0.25, -0.2) is 4.39 Å². The normalized spacial score (nSPS) is 18.7. The molecule has 7 heteroatoms. The number of carbonyl (C=O) groups is 2. The van der Waals surface area contributed by atoms with E-state index in [0.29, 0.717) is 17.1 Å². The quantitative estimate of drug-likeness (QED) is 0.300. The van der Waals surface area contributed by atoms with E-state index in [4.69, 9.17) is 9.47 Å². The number of Topliss-reactive ketones (excluding diaryl/α,β-unsaturated/α-hetero) is 1. The summed E-state index contributed by atoms with van der Waals surface area (Å²) in [6.07, 6.45) is 0. The van der Waals surface area contributed by atoms with Crippen LogP contribution in [0.4, 0.5) is 4.39 Å². The summed E-state index contributed by atoms with van der Waals surface area (Å²) in [5, 5.41) is 11.1. The van der Waals surface area contributed by atoms with Crippen molar-refractivity contribution < 1.29 is 28.6 Å². The van der Waals surface area contributed by atoms with E-state index in [1.807, 2.05) is 30.3 Å². The van der Waals surface area contributed by atoms with E-state index in [0.717, 1.165) is 11.1 Å². The van der Waals surface area contributed by atoms with Crippen LogP contribution in [-0.4, -0.2) is 28.5 Å². The molecular weight excluding hydrogens is 461 g/mol. The molecule has 1 unspecified atom stereocenters. The third kappa shape index (κ3) is 4.21. The molecule has 1 saturated heterocycles. The minimum absolute atomic E-state index is 0.0316. The maximum absolute atomic E-state index is 13.5. The molecule has 0 spiro atoms. The fourth-order valence-corrected chi connectivity index (χ4v) is 4.55. The zero-order chi connectivity index (χ0) is 25.6. The number of ether oxygens (including phenoxy) is 2. The number of nitrogens with zero attached hydrogens (tertiary/aromatic N) is 1. The standard InChI is InChI=1S/C29H26FNO5/c1-29(2,3)20-9-5-18(6-10-20)25-24(26(32)19-7-11-21(30)12-8-19)27(33)28(34)31(25)15-17-4-13-22-23(14-17)36-16-35-22/h4-14,25,32H,15-16H2,1-3H3/b26-24+. The highest BCUT2D eigenvalue weighted by Gasteiger charge is 2.46. The van der Waals surface area contributed by atoms with Gasteiger partial charge in [-0.15, -0.1) is 0 Å². The van der Waals surface area contributed by atoms with Crippen LogP contribution in [0.15, 0.2) is 72.3 Å². The largest absolute Gasteiger partial charge is 0.507 e. The number of fused-ring (bicyclic) bond motifs is 1. The van der Waals surface area contributed by atoms with Gasteiger partial charge < -0.3 is 19.5 Å². The number of aliphatic hydroxyl groups is 1. The van der Waals surface area contributed by atoms with E-state index in [9.17, 15) is 19.1 Å². The molecule has 0 aliphatic carbocycles. The van der Waals surface area contributed by atoms with Gasteiger partial charge in [0.25, 0.3) is 11.7 Å². The summed E-state index contributed by atoms with van der Waals surface area (Å²) >= 11 is 0. The number of ketones is 1. The minimum atomic E-state index is -0.825. The molecule has 36 heavy (non-hydrogen) atoms. The van der Waals surface area contributed by atoms with E-state index in [-0.39, 0.29) is 35.6 Å². The van der Waals surface area contributed by atoms with Crippen molar-refractivity contribution in [3.8, 4) is 11.5 Å². The van der Waals surface area contributed by atoms with Crippen LogP contribution >= 0.6 is 0 Å². The van der Waals surface area contributed by atoms with Gasteiger partial charge in [0.1, 0.15) is 11.6 Å². The Hall–Kier alpha value is -4.13. The molecular formula is C29H26FNO5. The molecule has 2 aliphatic rings. The fourth-order valence-electron chi connectivity index (χ4n) is 4.55. The summed E-state index contributed by atoms with van der Waals surface area (Å²) < 4.78 is 24.3. The highest BCUT2D eigenvalue weighted by atomic mass is 19.1. The number of benzene rings is 3. The van der Waals surface area contributed by atoms with Gasteiger partial charge in [0.2, 0.25) is 6.79 Å². The van der Waals surface area contributed by atoms with Gasteiger partial charge in [-0.05, 0) is 58.5 Å². The van der Waals surface area contributed by atoms with Gasteiger partial charge in [-0.2, -0.15) is 0 Å². The van der Waals surface area contributed by atoms with Crippen molar-refractivity contribution in [1.29, 1.82) is 0 Å². The van der Waals surface area contributed by atoms with Crippen LogP contribution in [0.2, 0.25) is 0 Å². The molecule has 0 radical (unpaired) electrons. The Morgan fingerprint density at radius 2 is 1.64 bits per heavy atom. The van der Waals surface area contributed by atoms with Crippen LogP contribution in [0.3, 0.4) is 0 Å². The Morgan fingerprint density at radius 3 is 2.31 bits per heavy atom. The van der Waals surface area contributed by atoms with Crippen molar-refractivity contribution in [2.45, 2.75) is 38.8 Å². The average molecular weight is 488 g/mol. The third-order valence-corrected chi connectivity index (χ3v) is 6.54. The predicted octanol–water partition coefficient (Wildman–Crippen LogP) is 5.47. The molecule has 1 fully saturated rings. The maximum atomic E-state index is 13.5. The number of halogens is 1. The molecule has 0 aromatic heterocycles. The second-order valence-electron chi connectivity index (χ2n) is 9.99. The Balaban J connectivity index is 1.61. The molecule has 0 bridgehead atoms. The lowest BCUT2D eigenvalue weighted by Crippen LogP contribution is -2.29. The number of carbonyl (C=O) groups excluding carboxylic acids is 2. The molecule has 3 aromatic carbocycles. The van der Waals surface area contributed by atoms with E-state index in [1.165, 1.54) is 29.2 Å². The van der Waals surface area contributed by atoms with E-state index >= 15 is 0 Å². The Kier molecular flexibility index (Phi) is 5.79. The first-order valence-electron chi connectivity index (χ1n) is 11.7. The van der Waals surface area contributed by atoms with E-state index in [2.05, 4.69) is 20.8 Å². The highest BCUT2D eigenvalue weighted by molar-refractivity contribution is 6.46. The van der Waals surface area contributed by atoms with Gasteiger partial charge in [-0.1, -0.05) is 51.1 Å². The summed E-state index contributed by atoms with van der Waals surface area (Å²) in [5.74, 6) is -1.13. The lowest BCUT2D eigenvalue weighted by atomic mass is 9.85. The average Bonchev–Trinajstić information content (AvgIpc) is 3.41. The Morgan fingerprint density at radius 1 is 0.972 bits per heavy atom. The SMILES string of the molecule is CC(C)(C)c1ccc(C2/C(=C(\O)c3ccc(F)cc3)C(=O)C(=O)N2Cc2ccc3c(c2)OCO3)cc1. The number of hydrogen-bond donors (Lipinski definition) is 1. The van der Waals surface area contributed by atoms with Gasteiger partial charge in [-0.3, -0.25) is 9.59 Å². The first kappa shape index (κ1) is 23.6. The molecule has 2 aliphatic heterocycles. The molecule has 184 valence electrons. The number of likely N-dealkylation sites (tertiary alicyclic amines) is 1. The van der Waals surface area contributed by atoms with E-state index in [1.54, 1.807) is 12.1 Å². The zero-order valence-electron chi connectivity index (χ0n) is 20.2. The van der Waals surface area contributed by atoms with Crippen LogP contribution in [0.25, 0.3) is 5.76 Å². The van der Waals surface area contributed by atoms with Gasteiger partial charge in [0.15, 0.2) is 11.5 Å². The molecule has 2 heterocycles. The van der Waals surface area contributed by atoms with Gasteiger partial charge >= 0.3 is 0 Å². The molecule has 6 nitrogen and oxygen atoms in total. The van der Waals surface area contributed by atoms with Crippen molar-refractivity contribution in [2.24, 2.45) is 0 Å². The molecule has 1 amide bonds. The molecule has 3 aromatic rings. The van der Waals surface area contributed by atoms with Crippen LogP contribution < -0.4 is 9.47 Å². The topological polar surface area (TPSA) is 76.1 Å². The Labute approximate surface area is 208 Å². The molecule has 1 atom stereocenters. The van der Waals surface area contributed by atoms with Crippen molar-refractivity contribution in [3.05, 3.63) is 100 Å². The number of amides is 1. The van der Waals surface area contributed by atoms with E-state index < -0.39 is 23.5 Å². The van der Waals surface area contributed by atoms with Crippen LogP contribution in [0.1, 0.15) is 49.1 Å². The van der Waals surface area contributed by atoms with Gasteiger partial charge in [0, 0.05) is 12.1 Å². The fraction of sp³-hybridized carbons (Fsp3) is 0.241. The van der Waals surface area contributed by atoms with Crippen LogP contribution in [0, 0.1) is 5.82 Å². The summed E-state index contributed by atoms with van der Waals surface area (Å²) in [6, 6.07) is 17.4. The van der Waals surface area contributed by atoms with Crippen molar-refractivity contribution in [3.63, 3.8) is 0 Å². The maximum Gasteiger partial charge on any atom is 0.295 e. The number of hydrogen-bond acceptors (Lipinski definition) is 5.